The van der Waals surface area contributed by atoms with Gasteiger partial charge in [0.15, 0.2) is 0 Å². The third-order valence-electron chi connectivity index (χ3n) is 4.67. The van der Waals surface area contributed by atoms with Crippen LogP contribution in [0.3, 0.4) is 0 Å². The maximum Gasteiger partial charge on any atom is 0.277 e. The zero-order valence-electron chi connectivity index (χ0n) is 16.0. The minimum Gasteiger partial charge on any atom is -0.467 e. The van der Waals surface area contributed by atoms with Crippen molar-refractivity contribution in [1.82, 2.24) is 15.2 Å². The molecule has 0 fully saturated rings. The van der Waals surface area contributed by atoms with Crippen LogP contribution in [-0.2, 0) is 4.79 Å². The Balaban J connectivity index is 1.31. The smallest absolute Gasteiger partial charge is 0.277 e. The van der Waals surface area contributed by atoms with Crippen LogP contribution in [0.25, 0.3) is 11.5 Å². The summed E-state index contributed by atoms with van der Waals surface area (Å²) in [6.07, 6.45) is 2.15. The molecule has 156 valence electrons. The summed E-state index contributed by atoms with van der Waals surface area (Å²) in [6.45, 7) is 0. The van der Waals surface area contributed by atoms with Crippen LogP contribution < -0.4 is 0 Å². The number of halogens is 1. The van der Waals surface area contributed by atoms with Crippen LogP contribution in [0.1, 0.15) is 23.1 Å². The summed E-state index contributed by atoms with van der Waals surface area (Å²) < 4.78 is 25.0. The van der Waals surface area contributed by atoms with Crippen LogP contribution in [-0.4, -0.2) is 32.6 Å². The molecule has 10 heteroatoms. The quantitative estimate of drug-likeness (QED) is 0.381. The Morgan fingerprint density at radius 3 is 2.87 bits per heavy atom. The zero-order valence-corrected chi connectivity index (χ0v) is 17.6. The summed E-state index contributed by atoms with van der Waals surface area (Å²) >= 11 is 2.66. The van der Waals surface area contributed by atoms with Crippen molar-refractivity contribution in [2.75, 3.05) is 5.75 Å². The van der Waals surface area contributed by atoms with Crippen LogP contribution in [0.15, 0.2) is 79.3 Å². The predicted octanol–water partition coefficient (Wildman–Crippen LogP) is 5.00. The number of thiophene rings is 1. The van der Waals surface area contributed by atoms with Crippen molar-refractivity contribution >= 4 is 34.7 Å². The van der Waals surface area contributed by atoms with Crippen LogP contribution in [0, 0.1) is 5.82 Å². The number of benzene rings is 1. The van der Waals surface area contributed by atoms with E-state index >= 15 is 0 Å². The molecule has 7 nitrogen and oxygen atoms in total. The third-order valence-corrected chi connectivity index (χ3v) is 6.40. The average molecular weight is 455 g/mol. The molecule has 0 saturated heterocycles. The fraction of sp³-hybridized carbons (Fsp3) is 0.143. The highest BCUT2D eigenvalue weighted by Gasteiger charge is 2.35. The summed E-state index contributed by atoms with van der Waals surface area (Å²) in [5.74, 6) is 0.113. The Morgan fingerprint density at radius 1 is 1.19 bits per heavy atom. The highest BCUT2D eigenvalue weighted by atomic mass is 32.2. The number of carbonyl (C=O) groups excluding carboxylic acids is 1. The monoisotopic (exact) mass is 454 g/mol. The SMILES string of the molecule is O=C(CSc1nnc(-c2ccccc2F)o1)N1N=C(c2cccs2)CC1c1ccco1. The molecule has 0 aliphatic carbocycles. The number of hydrogen-bond acceptors (Lipinski definition) is 8. The molecule has 3 aromatic heterocycles. The van der Waals surface area contributed by atoms with Crippen molar-refractivity contribution < 1.29 is 18.0 Å². The van der Waals surface area contributed by atoms with Crippen LogP contribution in [0.4, 0.5) is 4.39 Å². The van der Waals surface area contributed by atoms with E-state index in [2.05, 4.69) is 15.3 Å². The van der Waals surface area contributed by atoms with E-state index < -0.39 is 5.82 Å². The molecule has 4 heterocycles. The molecule has 1 aliphatic rings. The minimum atomic E-state index is -0.451. The van der Waals surface area contributed by atoms with E-state index in [4.69, 9.17) is 8.83 Å². The Kier molecular flexibility index (Phi) is 5.39. The summed E-state index contributed by atoms with van der Waals surface area (Å²) in [6, 6.07) is 13.4. The molecule has 1 atom stereocenters. The van der Waals surface area contributed by atoms with Crippen molar-refractivity contribution in [3.63, 3.8) is 0 Å². The number of amides is 1. The number of hydrogen-bond donors (Lipinski definition) is 0. The minimum absolute atomic E-state index is 0.0390. The summed E-state index contributed by atoms with van der Waals surface area (Å²) in [5, 5.41) is 16.0. The van der Waals surface area contributed by atoms with Crippen molar-refractivity contribution in [3.8, 4) is 11.5 Å². The van der Waals surface area contributed by atoms with Gasteiger partial charge in [0.1, 0.15) is 17.6 Å². The van der Waals surface area contributed by atoms with Gasteiger partial charge in [0.2, 0.25) is 0 Å². The molecule has 0 saturated carbocycles. The molecule has 1 amide bonds. The molecule has 1 aromatic carbocycles. The second-order valence-electron chi connectivity index (χ2n) is 6.64. The van der Waals surface area contributed by atoms with E-state index in [1.165, 1.54) is 11.1 Å². The maximum atomic E-state index is 13.9. The van der Waals surface area contributed by atoms with Crippen molar-refractivity contribution in [2.24, 2.45) is 5.10 Å². The number of hydrazone groups is 1. The predicted molar refractivity (Wildman–Crippen MR) is 114 cm³/mol. The molecule has 1 unspecified atom stereocenters. The van der Waals surface area contributed by atoms with Crippen LogP contribution in [0.2, 0.25) is 0 Å². The Morgan fingerprint density at radius 2 is 2.10 bits per heavy atom. The Labute approximate surface area is 184 Å². The lowest BCUT2D eigenvalue weighted by atomic mass is 10.1. The molecule has 0 N–H and O–H groups in total. The van der Waals surface area contributed by atoms with E-state index in [0.29, 0.717) is 12.2 Å². The fourth-order valence-electron chi connectivity index (χ4n) is 3.24. The summed E-state index contributed by atoms with van der Waals surface area (Å²) in [7, 11) is 0. The normalized spacial score (nSPS) is 16.0. The van der Waals surface area contributed by atoms with Gasteiger partial charge in [0, 0.05) is 6.42 Å². The maximum absolute atomic E-state index is 13.9. The number of thioether (sulfide) groups is 1. The van der Waals surface area contributed by atoms with E-state index in [1.807, 2.05) is 23.6 Å². The third kappa shape index (κ3) is 4.04. The van der Waals surface area contributed by atoms with E-state index in [1.54, 1.807) is 41.9 Å². The summed E-state index contributed by atoms with van der Waals surface area (Å²) in [4.78, 5) is 14.0. The highest BCUT2D eigenvalue weighted by Crippen LogP contribution is 2.35. The number of aromatic nitrogens is 2. The first-order valence-corrected chi connectivity index (χ1v) is 11.2. The number of nitrogens with zero attached hydrogens (tertiary/aromatic N) is 4. The van der Waals surface area contributed by atoms with Gasteiger partial charge in [-0.15, -0.1) is 21.5 Å². The van der Waals surface area contributed by atoms with Crippen molar-refractivity contribution in [3.05, 3.63) is 76.6 Å². The lowest BCUT2D eigenvalue weighted by Crippen LogP contribution is -2.28. The van der Waals surface area contributed by atoms with Gasteiger partial charge in [0.25, 0.3) is 17.0 Å². The molecule has 0 spiro atoms. The van der Waals surface area contributed by atoms with Gasteiger partial charge in [-0.1, -0.05) is 30.0 Å². The zero-order chi connectivity index (χ0) is 21.2. The van der Waals surface area contributed by atoms with E-state index in [0.717, 1.165) is 22.4 Å². The molecular formula is C21H15FN4O3S2. The molecule has 0 bridgehead atoms. The second kappa shape index (κ2) is 8.48. The molecule has 5 rings (SSSR count). The number of furan rings is 1. The van der Waals surface area contributed by atoms with Gasteiger partial charge >= 0.3 is 0 Å². The molecule has 1 aliphatic heterocycles. The van der Waals surface area contributed by atoms with Gasteiger partial charge in [-0.2, -0.15) is 5.10 Å². The van der Waals surface area contributed by atoms with Gasteiger partial charge in [0.05, 0.1) is 28.2 Å². The highest BCUT2D eigenvalue weighted by molar-refractivity contribution is 7.99. The first kappa shape index (κ1) is 19.7. The first-order valence-electron chi connectivity index (χ1n) is 9.37. The molecule has 4 aromatic rings. The van der Waals surface area contributed by atoms with Gasteiger partial charge in [-0.25, -0.2) is 9.40 Å². The second-order valence-corrected chi connectivity index (χ2v) is 8.51. The Bertz CT molecular complexity index is 1220. The Hall–Kier alpha value is -3.24. The van der Waals surface area contributed by atoms with E-state index in [9.17, 15) is 9.18 Å². The molecular weight excluding hydrogens is 439 g/mol. The number of rotatable bonds is 6. The topological polar surface area (TPSA) is 84.7 Å². The van der Waals surface area contributed by atoms with E-state index in [-0.39, 0.29) is 34.4 Å². The van der Waals surface area contributed by atoms with Crippen molar-refractivity contribution in [2.45, 2.75) is 17.7 Å². The van der Waals surface area contributed by atoms with Gasteiger partial charge in [-0.3, -0.25) is 4.79 Å². The van der Waals surface area contributed by atoms with Crippen LogP contribution in [0.5, 0.6) is 0 Å². The van der Waals surface area contributed by atoms with Crippen LogP contribution >= 0.6 is 23.1 Å². The standard InChI is InChI=1S/C21H15FN4O3S2/c22-14-6-2-1-5-13(14)20-23-24-21(29-20)31-12-19(27)26-16(17-7-3-9-28-17)11-15(25-26)18-8-4-10-30-18/h1-10,16H,11-12H2. The summed E-state index contributed by atoms with van der Waals surface area (Å²) in [5.41, 5.74) is 1.06. The van der Waals surface area contributed by atoms with Crippen molar-refractivity contribution in [1.29, 1.82) is 0 Å². The average Bonchev–Trinajstić information content (AvgIpc) is 3.57. The lowest BCUT2D eigenvalue weighted by Gasteiger charge is -2.19. The number of carbonyl (C=O) groups is 1. The molecule has 0 radical (unpaired) electrons. The first-order chi connectivity index (χ1) is 15.2. The lowest BCUT2D eigenvalue weighted by molar-refractivity contribution is -0.130. The van der Waals surface area contributed by atoms with Gasteiger partial charge in [-0.05, 0) is 35.7 Å². The molecule has 31 heavy (non-hydrogen) atoms. The largest absolute Gasteiger partial charge is 0.467 e. The van der Waals surface area contributed by atoms with Gasteiger partial charge < -0.3 is 8.83 Å². The fourth-order valence-corrected chi connectivity index (χ4v) is 4.57.